The number of rotatable bonds is 9. The minimum Gasteiger partial charge on any atom is -0.469 e. The fourth-order valence-electron chi connectivity index (χ4n) is 9.42. The Morgan fingerprint density at radius 3 is 2.07 bits per heavy atom. The number of nitrogens with one attached hydrogen (secondary N) is 2. The van der Waals surface area contributed by atoms with E-state index in [1.807, 2.05) is 60.5 Å². The average Bonchev–Trinajstić information content (AvgIpc) is 3.75. The third-order valence-electron chi connectivity index (χ3n) is 12.8. The van der Waals surface area contributed by atoms with Crippen LogP contribution in [-0.2, 0) is 54.3 Å². The van der Waals surface area contributed by atoms with Gasteiger partial charge in [-0.15, -0.1) is 0 Å². The van der Waals surface area contributed by atoms with E-state index in [1.165, 1.54) is 7.11 Å². The van der Waals surface area contributed by atoms with Crippen LogP contribution < -0.4 is 10.6 Å². The number of amides is 2. The van der Waals surface area contributed by atoms with Crippen LogP contribution in [0, 0.1) is 18.8 Å². The number of halogens is 1. The number of carbonyl (C=O) groups is 3. The summed E-state index contributed by atoms with van der Waals surface area (Å²) in [4.78, 5) is 54.1. The molecule has 8 rings (SSSR count). The Kier molecular flexibility index (Phi) is 11.5. The third kappa shape index (κ3) is 7.99. The zero-order valence-corrected chi connectivity index (χ0v) is 34.2. The number of fused-ring (bicyclic) bond motifs is 2. The Morgan fingerprint density at radius 2 is 1.40 bits per heavy atom. The summed E-state index contributed by atoms with van der Waals surface area (Å²) in [5, 5.41) is 6.54. The van der Waals surface area contributed by atoms with Crippen molar-refractivity contribution < 1.29 is 23.9 Å². The van der Waals surface area contributed by atoms with Crippen molar-refractivity contribution in [3.8, 4) is 11.1 Å². The summed E-state index contributed by atoms with van der Waals surface area (Å²) in [6, 6.07) is 11.8. The van der Waals surface area contributed by atoms with E-state index in [2.05, 4.69) is 20.4 Å². The van der Waals surface area contributed by atoms with Gasteiger partial charge in [-0.05, 0) is 74.6 Å². The molecule has 57 heavy (non-hydrogen) atoms. The highest BCUT2D eigenvalue weighted by molar-refractivity contribution is 6.36. The molecule has 2 aromatic carbocycles. The fraction of sp³-hybridized carbons (Fsp3) is 0.512. The molecule has 0 radical (unpaired) electrons. The molecule has 4 aromatic rings. The lowest BCUT2D eigenvalue weighted by molar-refractivity contribution is -0.146. The normalized spacial score (nSPS) is 20.4. The van der Waals surface area contributed by atoms with Gasteiger partial charge >= 0.3 is 5.97 Å². The second-order valence-corrected chi connectivity index (χ2v) is 16.5. The Hall–Kier alpha value is -4.56. The molecular formula is C43H53ClN8O5. The van der Waals surface area contributed by atoms with E-state index in [-0.39, 0.29) is 23.7 Å². The second kappa shape index (κ2) is 16.7. The molecule has 1 saturated carbocycles. The zero-order chi connectivity index (χ0) is 39.8. The Morgan fingerprint density at radius 1 is 0.807 bits per heavy atom. The first-order valence-electron chi connectivity index (χ1n) is 20.3. The number of hydrogen-bond acceptors (Lipinski definition) is 9. The summed E-state index contributed by atoms with van der Waals surface area (Å²) in [7, 11) is 5.28. The van der Waals surface area contributed by atoms with E-state index in [0.29, 0.717) is 46.6 Å². The van der Waals surface area contributed by atoms with Crippen LogP contribution in [0.5, 0.6) is 0 Å². The molecule has 4 aliphatic rings. The number of imidazole rings is 2. The van der Waals surface area contributed by atoms with Gasteiger partial charge in [-0.2, -0.15) is 0 Å². The van der Waals surface area contributed by atoms with Crippen molar-refractivity contribution in [1.82, 2.24) is 28.9 Å². The number of ether oxygens (including phenoxy) is 2. The van der Waals surface area contributed by atoms with Gasteiger partial charge in [0, 0.05) is 102 Å². The maximum Gasteiger partial charge on any atom is 0.308 e. The lowest BCUT2D eigenvalue weighted by atomic mass is 9.81. The van der Waals surface area contributed by atoms with E-state index in [4.69, 9.17) is 31.0 Å². The molecular weight excluding hydrogens is 744 g/mol. The Labute approximate surface area is 339 Å². The van der Waals surface area contributed by atoms with Crippen LogP contribution in [-0.4, -0.2) is 92.7 Å². The van der Waals surface area contributed by atoms with E-state index in [9.17, 15) is 14.4 Å². The van der Waals surface area contributed by atoms with Crippen molar-refractivity contribution in [1.29, 1.82) is 0 Å². The highest BCUT2D eigenvalue weighted by Gasteiger charge is 2.32. The fourth-order valence-corrected chi connectivity index (χ4v) is 9.70. The standard InChI is InChI=1S/C43H53ClN8O5/c1-26-30(7-5-9-32(26)47-41(53)39-46-35-25-52(20-16-37(35)50(39)3)29-17-21-57-22-18-29)31-8-6-10-33(38(31)44)48-42(54)40-45-34-24-51(19-15-36(34)49(40)2)23-27-11-13-28(14-12-27)43(55)56-4/h5-10,27-29H,11-25H2,1-4H3,(H,47,53)(H,48,54). The predicted molar refractivity (Wildman–Crippen MR) is 218 cm³/mol. The first-order valence-corrected chi connectivity index (χ1v) is 20.7. The summed E-state index contributed by atoms with van der Waals surface area (Å²) in [6.45, 7) is 7.78. The summed E-state index contributed by atoms with van der Waals surface area (Å²) >= 11 is 7.05. The highest BCUT2D eigenvalue weighted by Crippen LogP contribution is 2.38. The van der Waals surface area contributed by atoms with Gasteiger partial charge in [0.15, 0.2) is 11.6 Å². The van der Waals surface area contributed by atoms with E-state index < -0.39 is 0 Å². The number of aromatic nitrogens is 4. The van der Waals surface area contributed by atoms with Gasteiger partial charge in [0.1, 0.15) is 0 Å². The van der Waals surface area contributed by atoms with Crippen molar-refractivity contribution in [2.45, 2.75) is 77.4 Å². The maximum atomic E-state index is 13.8. The smallest absolute Gasteiger partial charge is 0.308 e. The molecule has 0 spiro atoms. The zero-order valence-electron chi connectivity index (χ0n) is 33.4. The van der Waals surface area contributed by atoms with Crippen molar-refractivity contribution in [3.63, 3.8) is 0 Å². The van der Waals surface area contributed by atoms with Crippen LogP contribution in [0.3, 0.4) is 0 Å². The first-order chi connectivity index (χ1) is 27.6. The molecule has 302 valence electrons. The van der Waals surface area contributed by atoms with Crippen molar-refractivity contribution in [2.75, 3.05) is 50.6 Å². The van der Waals surface area contributed by atoms with Crippen molar-refractivity contribution in [2.24, 2.45) is 25.9 Å². The van der Waals surface area contributed by atoms with Crippen LogP contribution in [0.25, 0.3) is 11.1 Å². The van der Waals surface area contributed by atoms with E-state index in [1.54, 1.807) is 6.07 Å². The topological polar surface area (TPSA) is 136 Å². The largest absolute Gasteiger partial charge is 0.469 e. The first kappa shape index (κ1) is 39.3. The molecule has 13 nitrogen and oxygen atoms in total. The Balaban J connectivity index is 0.929. The summed E-state index contributed by atoms with van der Waals surface area (Å²) < 4.78 is 14.4. The van der Waals surface area contributed by atoms with Crippen LogP contribution in [0.4, 0.5) is 11.4 Å². The molecule has 2 aromatic heterocycles. The van der Waals surface area contributed by atoms with Gasteiger partial charge in [-0.25, -0.2) is 9.97 Å². The van der Waals surface area contributed by atoms with Crippen LogP contribution >= 0.6 is 11.6 Å². The van der Waals surface area contributed by atoms with Gasteiger partial charge in [0.05, 0.1) is 35.1 Å². The highest BCUT2D eigenvalue weighted by atomic mass is 35.5. The van der Waals surface area contributed by atoms with Crippen LogP contribution in [0.2, 0.25) is 5.02 Å². The van der Waals surface area contributed by atoms with Gasteiger partial charge < -0.3 is 29.2 Å². The maximum absolute atomic E-state index is 13.8. The number of benzene rings is 2. The van der Waals surface area contributed by atoms with E-state index >= 15 is 0 Å². The molecule has 5 heterocycles. The SMILES string of the molecule is COC(=O)C1CCC(CN2CCc3c(nc(C(=O)Nc4cccc(-c5cccc(NC(=O)c6nc7c(n6C)CCN(C6CCOCC6)C7)c5C)c4Cl)n3C)C2)CC1. The second-order valence-electron chi connectivity index (χ2n) is 16.1. The monoisotopic (exact) mass is 796 g/mol. The molecule has 0 bridgehead atoms. The lowest BCUT2D eigenvalue weighted by Crippen LogP contribution is -2.42. The summed E-state index contributed by atoms with van der Waals surface area (Å²) in [6.07, 6.45) is 7.50. The molecule has 1 saturated heterocycles. The van der Waals surface area contributed by atoms with Gasteiger partial charge in [-0.3, -0.25) is 24.2 Å². The van der Waals surface area contributed by atoms with Crippen molar-refractivity contribution in [3.05, 3.63) is 81.4 Å². The quantitative estimate of drug-likeness (QED) is 0.191. The molecule has 0 unspecified atom stereocenters. The summed E-state index contributed by atoms with van der Waals surface area (Å²) in [5.41, 5.74) is 7.64. The van der Waals surface area contributed by atoms with E-state index in [0.717, 1.165) is 130 Å². The number of nitrogens with zero attached hydrogens (tertiary/aromatic N) is 6. The lowest BCUT2D eigenvalue weighted by Gasteiger charge is -2.36. The number of hydrogen-bond donors (Lipinski definition) is 2. The molecule has 3 aliphatic heterocycles. The van der Waals surface area contributed by atoms with Gasteiger partial charge in [0.25, 0.3) is 11.8 Å². The minimum absolute atomic E-state index is 0.0188. The predicted octanol–water partition coefficient (Wildman–Crippen LogP) is 6.16. The molecule has 0 atom stereocenters. The van der Waals surface area contributed by atoms with Crippen LogP contribution in [0.15, 0.2) is 36.4 Å². The third-order valence-corrected chi connectivity index (χ3v) is 13.2. The molecule has 1 aliphatic carbocycles. The Bertz CT molecular complexity index is 2170. The molecule has 2 amide bonds. The van der Waals surface area contributed by atoms with Gasteiger partial charge in [0.2, 0.25) is 0 Å². The molecule has 2 fully saturated rings. The minimum atomic E-state index is -0.329. The number of carbonyl (C=O) groups excluding carboxylic acids is 3. The number of anilines is 2. The number of methoxy groups -OCH3 is 1. The van der Waals surface area contributed by atoms with Gasteiger partial charge in [-0.1, -0.05) is 35.9 Å². The molecule has 2 N–H and O–H groups in total. The molecule has 14 heteroatoms. The number of esters is 1. The average molecular weight is 797 g/mol. The summed E-state index contributed by atoms with van der Waals surface area (Å²) in [5.74, 6) is 0.607. The van der Waals surface area contributed by atoms with Crippen molar-refractivity contribution >= 4 is 40.8 Å². The van der Waals surface area contributed by atoms with Crippen LogP contribution in [0.1, 0.15) is 88.1 Å².